The Labute approximate surface area is 451 Å². The second-order valence-corrected chi connectivity index (χ2v) is 19.0. The summed E-state index contributed by atoms with van der Waals surface area (Å²) >= 11 is 0. The maximum absolute atomic E-state index is 10.5. The lowest BCUT2D eigenvalue weighted by Gasteiger charge is -2.52. The number of ether oxygens (including phenoxy) is 10. The van der Waals surface area contributed by atoms with E-state index in [-0.39, 0.29) is 52.9 Å². The minimum Gasteiger partial charge on any atom is -0.374 e. The van der Waals surface area contributed by atoms with Crippen LogP contribution in [0.2, 0.25) is 0 Å². The molecule has 0 bridgehead atoms. The molecule has 11 atom stereocenters. The highest BCUT2D eigenvalue weighted by molar-refractivity contribution is 5.20. The van der Waals surface area contributed by atoms with Gasteiger partial charge in [-0.2, -0.15) is 0 Å². The number of azide groups is 1. The first-order valence-electron chi connectivity index (χ1n) is 26.3. The van der Waals surface area contributed by atoms with Gasteiger partial charge in [-0.3, -0.25) is 0 Å². The number of rotatable bonds is 28. The Morgan fingerprint density at radius 3 is 1.03 bits per heavy atom. The first-order valence-corrected chi connectivity index (χ1v) is 26.3. The van der Waals surface area contributed by atoms with Gasteiger partial charge in [0.25, 0.3) is 0 Å². The van der Waals surface area contributed by atoms with E-state index in [9.17, 15) is 5.53 Å². The average molecular weight is 1040 g/mol. The van der Waals surface area contributed by atoms with Crippen molar-refractivity contribution in [3.8, 4) is 0 Å². The summed E-state index contributed by atoms with van der Waals surface area (Å²) in [7, 11) is 0. The standard InChI is InChI=1S/C64H67N3O10/c1-2-38-69-61-59(73-43-51-32-18-7-19-33-51)58(72-42-50-30-16-6-17-31-50)60(74-44-52-34-20-8-21-35-52)62(75-45-53-36-22-9-23-37-53)63(61)77-64-55(66-67-65)57(71-41-49-28-14-5-15-29-49)56(70-40-48-26-12-4-13-27-48)54(76-64)46-68-39-47-24-10-3-11-25-47/h2-37,54-64H,1,38-46H2/t54-,55-,56-,57-,58-,59-,60+,61-,62-,63+,64+/m1/s1. The monoisotopic (exact) mass is 1040 g/mol. The molecule has 9 rings (SSSR count). The van der Waals surface area contributed by atoms with E-state index >= 15 is 0 Å². The van der Waals surface area contributed by atoms with E-state index in [0.717, 1.165) is 38.9 Å². The molecule has 2 aliphatic rings. The lowest BCUT2D eigenvalue weighted by molar-refractivity contribution is -0.341. The molecule has 0 amide bonds. The third kappa shape index (κ3) is 15.9. The van der Waals surface area contributed by atoms with Crippen LogP contribution in [-0.4, -0.2) is 80.5 Å². The molecule has 1 aliphatic carbocycles. The van der Waals surface area contributed by atoms with Crippen molar-refractivity contribution < 1.29 is 47.4 Å². The predicted octanol–water partition coefficient (Wildman–Crippen LogP) is 12.1. The summed E-state index contributed by atoms with van der Waals surface area (Å²) in [5.74, 6) is 0. The lowest BCUT2D eigenvalue weighted by Crippen LogP contribution is -2.69. The first kappa shape index (κ1) is 55.0. The van der Waals surface area contributed by atoms with Crippen LogP contribution in [-0.2, 0) is 93.6 Å². The third-order valence-corrected chi connectivity index (χ3v) is 13.5. The molecule has 0 radical (unpaired) electrons. The Balaban J connectivity index is 1.15. The zero-order chi connectivity index (χ0) is 52.7. The molecule has 2 fully saturated rings. The van der Waals surface area contributed by atoms with Gasteiger partial charge in [0.05, 0.1) is 59.5 Å². The Morgan fingerprint density at radius 1 is 0.390 bits per heavy atom. The maximum Gasteiger partial charge on any atom is 0.169 e. The van der Waals surface area contributed by atoms with Crippen LogP contribution in [0.25, 0.3) is 10.4 Å². The van der Waals surface area contributed by atoms with E-state index in [1.807, 2.05) is 212 Å². The van der Waals surface area contributed by atoms with Gasteiger partial charge in [-0.15, -0.1) is 6.58 Å². The SMILES string of the molecule is C=CCO[C@@H]1[C@H](OCc2ccccc2)[C@@H](OCc2ccccc2)[C@H](OCc2ccccc2)[C@@H](OCc2ccccc2)[C@H]1O[C@@H]1O[C@H](COCc2ccccc2)[C@@H](OCc2ccccc2)[C@H](OCc2ccccc2)[C@H]1N=[N+]=[N-]. The van der Waals surface area contributed by atoms with Gasteiger partial charge >= 0.3 is 0 Å². The van der Waals surface area contributed by atoms with Gasteiger partial charge in [0.1, 0.15) is 61.0 Å². The minimum atomic E-state index is -1.29. The Kier molecular flexibility index (Phi) is 21.2. The van der Waals surface area contributed by atoms with Gasteiger partial charge in [0.2, 0.25) is 0 Å². The van der Waals surface area contributed by atoms with E-state index in [2.05, 4.69) is 16.6 Å². The smallest absolute Gasteiger partial charge is 0.169 e. The Bertz CT molecular complexity index is 2800. The van der Waals surface area contributed by atoms with Crippen LogP contribution in [0, 0.1) is 0 Å². The molecular weight excluding hydrogens is 971 g/mol. The van der Waals surface area contributed by atoms with Crippen LogP contribution in [0.3, 0.4) is 0 Å². The van der Waals surface area contributed by atoms with Gasteiger partial charge in [0, 0.05) is 4.91 Å². The summed E-state index contributed by atoms with van der Waals surface area (Å²) in [4.78, 5) is 3.43. The zero-order valence-corrected chi connectivity index (χ0v) is 43.1. The number of benzene rings is 7. The Morgan fingerprint density at radius 2 is 0.688 bits per heavy atom. The largest absolute Gasteiger partial charge is 0.374 e. The normalized spacial score (nSPS) is 24.1. The summed E-state index contributed by atoms with van der Waals surface area (Å²) < 4.78 is 70.3. The fraction of sp³-hybridized carbons (Fsp3) is 0.312. The molecule has 398 valence electrons. The van der Waals surface area contributed by atoms with Crippen LogP contribution in [0.4, 0.5) is 0 Å². The average Bonchev–Trinajstić information content (AvgIpc) is 3.53. The van der Waals surface area contributed by atoms with Crippen LogP contribution in [0.15, 0.2) is 230 Å². The molecule has 1 saturated heterocycles. The number of nitrogens with zero attached hydrogens (tertiary/aromatic N) is 3. The summed E-state index contributed by atoms with van der Waals surface area (Å²) in [5, 5.41) is 4.47. The molecule has 0 unspecified atom stereocenters. The summed E-state index contributed by atoms with van der Waals surface area (Å²) in [6.45, 7) is 5.72. The van der Waals surface area contributed by atoms with Crippen LogP contribution in [0.1, 0.15) is 38.9 Å². The van der Waals surface area contributed by atoms with E-state index < -0.39 is 67.3 Å². The fourth-order valence-electron chi connectivity index (χ4n) is 9.74. The van der Waals surface area contributed by atoms with E-state index in [1.54, 1.807) is 6.08 Å². The lowest BCUT2D eigenvalue weighted by atomic mass is 9.83. The van der Waals surface area contributed by atoms with Crippen molar-refractivity contribution in [3.63, 3.8) is 0 Å². The van der Waals surface area contributed by atoms with Crippen molar-refractivity contribution >= 4 is 0 Å². The third-order valence-electron chi connectivity index (χ3n) is 13.5. The van der Waals surface area contributed by atoms with E-state index in [4.69, 9.17) is 47.4 Å². The van der Waals surface area contributed by atoms with Gasteiger partial charge < -0.3 is 47.4 Å². The highest BCUT2D eigenvalue weighted by Crippen LogP contribution is 2.39. The van der Waals surface area contributed by atoms with Crippen molar-refractivity contribution in [2.75, 3.05) is 13.2 Å². The molecule has 13 heteroatoms. The first-order chi connectivity index (χ1) is 38.1. The van der Waals surface area contributed by atoms with E-state index in [1.165, 1.54) is 0 Å². The van der Waals surface area contributed by atoms with Crippen molar-refractivity contribution in [2.45, 2.75) is 114 Å². The quantitative estimate of drug-likeness (QED) is 0.0201. The molecule has 13 nitrogen and oxygen atoms in total. The van der Waals surface area contributed by atoms with Crippen LogP contribution in [0.5, 0.6) is 0 Å². The molecule has 1 aliphatic heterocycles. The van der Waals surface area contributed by atoms with Crippen molar-refractivity contribution in [3.05, 3.63) is 274 Å². The minimum absolute atomic E-state index is 0.0679. The summed E-state index contributed by atoms with van der Waals surface area (Å²) in [6, 6.07) is 68.3. The maximum atomic E-state index is 10.5. The number of hydrogen-bond donors (Lipinski definition) is 0. The molecule has 0 aromatic heterocycles. The molecule has 0 N–H and O–H groups in total. The second-order valence-electron chi connectivity index (χ2n) is 19.0. The molecule has 77 heavy (non-hydrogen) atoms. The topological polar surface area (TPSA) is 141 Å². The van der Waals surface area contributed by atoms with Gasteiger partial charge in [-0.1, -0.05) is 224 Å². The summed E-state index contributed by atoms with van der Waals surface area (Å²) in [6.07, 6.45) is -7.53. The van der Waals surface area contributed by atoms with Gasteiger partial charge in [-0.05, 0) is 44.5 Å². The summed E-state index contributed by atoms with van der Waals surface area (Å²) in [5.41, 5.74) is 17.1. The van der Waals surface area contributed by atoms with Crippen LogP contribution < -0.4 is 0 Å². The molecule has 1 saturated carbocycles. The molecule has 0 spiro atoms. The molecule has 1 heterocycles. The second kappa shape index (κ2) is 29.6. The molecular formula is C64H67N3O10. The van der Waals surface area contributed by atoms with Crippen LogP contribution >= 0.6 is 0 Å². The zero-order valence-electron chi connectivity index (χ0n) is 43.1. The predicted molar refractivity (Wildman–Crippen MR) is 293 cm³/mol. The highest BCUT2D eigenvalue weighted by atomic mass is 16.7. The van der Waals surface area contributed by atoms with Crippen molar-refractivity contribution in [2.24, 2.45) is 5.11 Å². The highest BCUT2D eigenvalue weighted by Gasteiger charge is 2.58. The van der Waals surface area contributed by atoms with Crippen molar-refractivity contribution in [1.29, 1.82) is 0 Å². The number of hydrogen-bond acceptors (Lipinski definition) is 11. The molecule has 7 aromatic rings. The fourth-order valence-corrected chi connectivity index (χ4v) is 9.74. The van der Waals surface area contributed by atoms with Crippen molar-refractivity contribution in [1.82, 2.24) is 0 Å². The van der Waals surface area contributed by atoms with Gasteiger partial charge in [-0.25, -0.2) is 0 Å². The molecule has 7 aromatic carbocycles. The van der Waals surface area contributed by atoms with Gasteiger partial charge in [0.15, 0.2) is 6.29 Å². The van der Waals surface area contributed by atoms with E-state index in [0.29, 0.717) is 6.61 Å². The Hall–Kier alpha value is -6.81.